The summed E-state index contributed by atoms with van der Waals surface area (Å²) in [4.78, 5) is 62.0. The number of hydrogen-bond acceptors (Lipinski definition) is 8. The number of ether oxygens (including phenoxy) is 3. The van der Waals surface area contributed by atoms with Crippen LogP contribution in [-0.2, 0) is 39.9 Å². The summed E-state index contributed by atoms with van der Waals surface area (Å²) in [5.41, 5.74) is -1.61. The fourth-order valence-corrected chi connectivity index (χ4v) is 6.54. The topological polar surface area (TPSA) is 145 Å². The van der Waals surface area contributed by atoms with Gasteiger partial charge in [-0.3, -0.25) is 14.4 Å². The first-order valence-corrected chi connectivity index (χ1v) is 13.5. The van der Waals surface area contributed by atoms with E-state index in [0.29, 0.717) is 30.4 Å². The molecule has 0 spiro atoms. The molecule has 1 amide bonds. The first kappa shape index (κ1) is 29.8. The Morgan fingerprint density at radius 1 is 1.15 bits per heavy atom. The molecule has 1 aliphatic heterocycles. The van der Waals surface area contributed by atoms with Crippen LogP contribution in [0.1, 0.15) is 68.8 Å². The van der Waals surface area contributed by atoms with Gasteiger partial charge in [0.05, 0.1) is 12.7 Å². The minimum absolute atomic E-state index is 0.164. The van der Waals surface area contributed by atoms with Crippen LogP contribution in [0.5, 0.6) is 0 Å². The van der Waals surface area contributed by atoms with Crippen LogP contribution < -0.4 is 5.32 Å². The molecule has 218 valence electrons. The second kappa shape index (κ2) is 11.3. The number of carboxylic acid groups (broad SMARTS) is 1. The summed E-state index contributed by atoms with van der Waals surface area (Å²) in [5.74, 6) is -3.16. The largest absolute Gasteiger partial charge is 0.478 e. The Morgan fingerprint density at radius 3 is 2.49 bits per heavy atom. The van der Waals surface area contributed by atoms with Gasteiger partial charge in [0.15, 0.2) is 0 Å². The lowest BCUT2D eigenvalue weighted by Crippen LogP contribution is -2.65. The summed E-state index contributed by atoms with van der Waals surface area (Å²) < 4.78 is 17.0. The average Bonchev–Trinajstić information content (AvgIpc) is 3.08. The molecular formula is C31H35NO9. The highest BCUT2D eigenvalue weighted by atomic mass is 16.6. The van der Waals surface area contributed by atoms with Crippen LogP contribution in [0.25, 0.3) is 0 Å². The van der Waals surface area contributed by atoms with Gasteiger partial charge in [-0.2, -0.15) is 0 Å². The van der Waals surface area contributed by atoms with Gasteiger partial charge in [0.1, 0.15) is 16.6 Å². The second-order valence-corrected chi connectivity index (χ2v) is 11.0. The Labute approximate surface area is 238 Å². The zero-order chi connectivity index (χ0) is 30.0. The van der Waals surface area contributed by atoms with Crippen molar-refractivity contribution in [3.8, 4) is 0 Å². The van der Waals surface area contributed by atoms with E-state index in [2.05, 4.69) is 5.32 Å². The van der Waals surface area contributed by atoms with E-state index in [4.69, 9.17) is 19.3 Å². The lowest BCUT2D eigenvalue weighted by molar-refractivity contribution is -0.235. The van der Waals surface area contributed by atoms with Crippen LogP contribution in [0.4, 0.5) is 0 Å². The molecule has 0 unspecified atom stereocenters. The third-order valence-corrected chi connectivity index (χ3v) is 8.65. The minimum Gasteiger partial charge on any atom is -0.478 e. The molecule has 10 nitrogen and oxygen atoms in total. The fourth-order valence-electron chi connectivity index (χ4n) is 6.54. The molecule has 41 heavy (non-hydrogen) atoms. The van der Waals surface area contributed by atoms with Crippen molar-refractivity contribution in [1.82, 2.24) is 5.32 Å². The summed E-state index contributed by atoms with van der Waals surface area (Å²) in [6.45, 7) is 4.96. The highest BCUT2D eigenvalue weighted by Crippen LogP contribution is 2.65. The molecule has 2 fully saturated rings. The van der Waals surface area contributed by atoms with Crippen LogP contribution in [0.15, 0.2) is 59.7 Å². The number of carboxylic acids is 1. The maximum Gasteiger partial charge on any atom is 0.335 e. The van der Waals surface area contributed by atoms with Gasteiger partial charge >= 0.3 is 23.9 Å². The molecule has 3 aliphatic rings. The Morgan fingerprint density at radius 2 is 1.85 bits per heavy atom. The van der Waals surface area contributed by atoms with Gasteiger partial charge in [-0.15, -0.1) is 0 Å². The van der Waals surface area contributed by atoms with E-state index in [0.717, 1.165) is 5.56 Å². The number of rotatable bonds is 8. The summed E-state index contributed by atoms with van der Waals surface area (Å²) in [6.07, 6.45) is 8.51. The van der Waals surface area contributed by atoms with Crippen LogP contribution in [0, 0.1) is 11.3 Å². The van der Waals surface area contributed by atoms with Gasteiger partial charge in [-0.1, -0.05) is 30.4 Å². The van der Waals surface area contributed by atoms with Crippen molar-refractivity contribution >= 4 is 29.8 Å². The van der Waals surface area contributed by atoms with Crippen molar-refractivity contribution in [2.24, 2.45) is 11.3 Å². The number of carbonyl (C=O) groups excluding carboxylic acids is 4. The maximum atomic E-state index is 13.7. The van der Waals surface area contributed by atoms with E-state index in [1.807, 2.05) is 0 Å². The number of aromatic carboxylic acids is 1. The van der Waals surface area contributed by atoms with Crippen molar-refractivity contribution in [2.75, 3.05) is 7.11 Å². The summed E-state index contributed by atoms with van der Waals surface area (Å²) in [7, 11) is 1.30. The van der Waals surface area contributed by atoms with Crippen molar-refractivity contribution in [1.29, 1.82) is 0 Å². The highest BCUT2D eigenvalue weighted by Gasteiger charge is 2.74. The monoisotopic (exact) mass is 565 g/mol. The highest BCUT2D eigenvalue weighted by molar-refractivity contribution is 5.93. The number of allylic oxidation sites excluding steroid dienone is 3. The van der Waals surface area contributed by atoms with E-state index in [-0.39, 0.29) is 36.8 Å². The molecule has 4 rings (SSSR count). The molecule has 0 aromatic heterocycles. The number of amides is 1. The van der Waals surface area contributed by atoms with Gasteiger partial charge < -0.3 is 24.6 Å². The number of methoxy groups -OCH3 is 1. The standard InChI is InChI=1S/C31H35NO9/c1-19(25(34)32-18-21-7-9-22(10-8-21)26(35)36)6-5-14-29(3)24-13-16-30(28(38)41-29)15-11-23(27(37)39-4)12-17-31(24,30)40-20(2)33/h5-11,14,24H,12-13,15-18H2,1-4H3,(H,32,34)(H,35,36)/b14-5+,19-6+/t24-,29+,30+,31-/m0/s1. The number of carbonyl (C=O) groups is 5. The normalized spacial score (nSPS) is 29.1. The maximum absolute atomic E-state index is 13.7. The molecule has 1 heterocycles. The van der Waals surface area contributed by atoms with E-state index in [1.54, 1.807) is 50.3 Å². The quantitative estimate of drug-likeness (QED) is 0.208. The van der Waals surface area contributed by atoms with E-state index >= 15 is 0 Å². The van der Waals surface area contributed by atoms with Gasteiger partial charge in [-0.25, -0.2) is 9.59 Å². The Hall–Kier alpha value is -4.21. The van der Waals surface area contributed by atoms with E-state index in [1.165, 1.54) is 26.2 Å². The van der Waals surface area contributed by atoms with Crippen LogP contribution in [-0.4, -0.2) is 53.2 Å². The average molecular weight is 566 g/mol. The predicted molar refractivity (Wildman–Crippen MR) is 146 cm³/mol. The van der Waals surface area contributed by atoms with Crippen LogP contribution in [0.3, 0.4) is 0 Å². The van der Waals surface area contributed by atoms with Gasteiger partial charge in [0, 0.05) is 30.5 Å². The van der Waals surface area contributed by atoms with Crippen molar-refractivity contribution in [3.05, 3.63) is 70.8 Å². The molecule has 1 aromatic rings. The third kappa shape index (κ3) is 5.42. The smallest absolute Gasteiger partial charge is 0.335 e. The molecule has 1 aromatic carbocycles. The predicted octanol–water partition coefficient (Wildman–Crippen LogP) is 3.80. The second-order valence-electron chi connectivity index (χ2n) is 11.0. The summed E-state index contributed by atoms with van der Waals surface area (Å²) >= 11 is 0. The number of esters is 3. The number of cyclic esters (lactones) is 1. The van der Waals surface area contributed by atoms with Crippen LogP contribution >= 0.6 is 0 Å². The molecule has 1 saturated carbocycles. The lowest BCUT2D eigenvalue weighted by Gasteiger charge is -2.54. The lowest BCUT2D eigenvalue weighted by atomic mass is 9.62. The first-order chi connectivity index (χ1) is 19.4. The van der Waals surface area contributed by atoms with Gasteiger partial charge in [-0.05, 0) is 69.7 Å². The SMILES string of the molecule is COC(=O)C1=CC[C@@]23CC[C@@H]([C@@](C)(/C=C/C=C(\C)C(=O)NCc4ccc(C(=O)O)cc4)OC2=O)[C@@]3(OC(C)=O)CC1. The number of benzene rings is 1. The molecule has 2 aliphatic carbocycles. The molecule has 4 atom stereocenters. The van der Waals surface area contributed by atoms with Crippen LogP contribution in [0.2, 0.25) is 0 Å². The Balaban J connectivity index is 1.53. The molecule has 1 saturated heterocycles. The van der Waals surface area contributed by atoms with Gasteiger partial charge in [0.25, 0.3) is 0 Å². The summed E-state index contributed by atoms with van der Waals surface area (Å²) in [5, 5.41) is 11.8. The van der Waals surface area contributed by atoms with Crippen molar-refractivity contribution in [3.63, 3.8) is 0 Å². The van der Waals surface area contributed by atoms with E-state index < -0.39 is 40.5 Å². The number of nitrogens with one attached hydrogen (secondary N) is 1. The Kier molecular flexibility index (Phi) is 8.24. The van der Waals surface area contributed by atoms with Gasteiger partial charge in [0.2, 0.25) is 5.91 Å². The van der Waals surface area contributed by atoms with Crippen molar-refractivity contribution in [2.45, 2.75) is 70.6 Å². The molecule has 0 radical (unpaired) electrons. The fraction of sp³-hybridized carbons (Fsp3) is 0.452. The summed E-state index contributed by atoms with van der Waals surface area (Å²) in [6, 6.07) is 6.22. The number of hydrogen-bond donors (Lipinski definition) is 2. The first-order valence-electron chi connectivity index (χ1n) is 13.5. The molecule has 2 N–H and O–H groups in total. The zero-order valence-corrected chi connectivity index (χ0v) is 23.7. The molecule has 2 bridgehead atoms. The zero-order valence-electron chi connectivity index (χ0n) is 23.7. The minimum atomic E-state index is -1.16. The molecule has 10 heteroatoms. The molecular weight excluding hydrogens is 530 g/mol. The Bertz CT molecular complexity index is 1360. The van der Waals surface area contributed by atoms with E-state index in [9.17, 15) is 24.0 Å². The van der Waals surface area contributed by atoms with Crippen molar-refractivity contribution < 1.29 is 43.3 Å². The third-order valence-electron chi connectivity index (χ3n) is 8.65.